The van der Waals surface area contributed by atoms with Crippen LogP contribution < -0.4 is 18.9 Å². The van der Waals surface area contributed by atoms with E-state index in [2.05, 4.69) is 9.62 Å². The summed E-state index contributed by atoms with van der Waals surface area (Å²) in [5, 5.41) is 11.8. The molecule has 0 saturated carbocycles. The van der Waals surface area contributed by atoms with Crippen LogP contribution in [0.5, 0.6) is 17.2 Å². The van der Waals surface area contributed by atoms with Crippen LogP contribution >= 0.6 is 23.2 Å². The lowest BCUT2D eigenvalue weighted by Gasteiger charge is -2.26. The third kappa shape index (κ3) is 9.25. The molecule has 3 rings (SSSR count). The fraction of sp³-hybridized carbons (Fsp3) is 0.333. The Morgan fingerprint density at radius 3 is 2.37 bits per heavy atom. The Kier molecular flexibility index (Phi) is 10.9. The molecule has 3 aromatic carbocycles. The number of sulfonamides is 1. The van der Waals surface area contributed by atoms with Crippen LogP contribution in [-0.4, -0.2) is 64.7 Å². The first-order valence-electron chi connectivity index (χ1n) is 11.8. The molecule has 0 bridgehead atoms. The quantitative estimate of drug-likeness (QED) is 0.280. The SMILES string of the molecule is COc1cccc(CN(CCc2ccc(Cl)c(Cl)c2)C[C@H](O)COc2ccc(NS(C)(=O)=O)cc2)c1OC. The van der Waals surface area contributed by atoms with Gasteiger partial charge in [-0.05, 0) is 54.4 Å². The van der Waals surface area contributed by atoms with Gasteiger partial charge in [0.25, 0.3) is 0 Å². The first-order chi connectivity index (χ1) is 18.1. The summed E-state index contributed by atoms with van der Waals surface area (Å²) >= 11 is 12.2. The zero-order chi connectivity index (χ0) is 27.7. The first kappa shape index (κ1) is 29.9. The molecule has 2 N–H and O–H groups in total. The maximum atomic E-state index is 11.4. The van der Waals surface area contributed by atoms with Crippen LogP contribution in [0.4, 0.5) is 5.69 Å². The van der Waals surface area contributed by atoms with Gasteiger partial charge in [-0.2, -0.15) is 0 Å². The number of methoxy groups -OCH3 is 2. The highest BCUT2D eigenvalue weighted by atomic mass is 35.5. The molecule has 206 valence electrons. The molecule has 0 saturated heterocycles. The second kappa shape index (κ2) is 13.9. The fourth-order valence-corrected chi connectivity index (χ4v) is 4.80. The average molecular weight is 584 g/mol. The van der Waals surface area contributed by atoms with E-state index in [4.69, 9.17) is 37.4 Å². The van der Waals surface area contributed by atoms with Crippen molar-refractivity contribution in [3.05, 3.63) is 81.8 Å². The second-order valence-electron chi connectivity index (χ2n) is 8.75. The van der Waals surface area contributed by atoms with Crippen LogP contribution in [0.25, 0.3) is 0 Å². The van der Waals surface area contributed by atoms with Crippen molar-refractivity contribution >= 4 is 38.9 Å². The highest BCUT2D eigenvalue weighted by molar-refractivity contribution is 7.92. The number of ether oxygens (including phenoxy) is 3. The minimum absolute atomic E-state index is 0.0529. The van der Waals surface area contributed by atoms with E-state index in [1.54, 1.807) is 44.6 Å². The van der Waals surface area contributed by atoms with Gasteiger partial charge in [-0.25, -0.2) is 8.42 Å². The Labute approximate surface area is 234 Å². The maximum absolute atomic E-state index is 11.4. The van der Waals surface area contributed by atoms with Crippen LogP contribution in [0.15, 0.2) is 60.7 Å². The minimum atomic E-state index is -3.36. The van der Waals surface area contributed by atoms with E-state index in [1.807, 2.05) is 30.3 Å². The van der Waals surface area contributed by atoms with Crippen LogP contribution in [0.2, 0.25) is 10.0 Å². The first-order valence-corrected chi connectivity index (χ1v) is 14.5. The largest absolute Gasteiger partial charge is 0.493 e. The number of benzene rings is 3. The molecule has 0 heterocycles. The van der Waals surface area contributed by atoms with Crippen molar-refractivity contribution in [2.75, 3.05) is 44.9 Å². The summed E-state index contributed by atoms with van der Waals surface area (Å²) in [6.45, 7) is 1.51. The lowest BCUT2D eigenvalue weighted by Crippen LogP contribution is -2.36. The third-order valence-electron chi connectivity index (χ3n) is 5.65. The number of nitrogens with zero attached hydrogens (tertiary/aromatic N) is 1. The van der Waals surface area contributed by atoms with E-state index in [9.17, 15) is 13.5 Å². The number of rotatable bonds is 14. The fourth-order valence-electron chi connectivity index (χ4n) is 3.91. The van der Waals surface area contributed by atoms with Crippen molar-refractivity contribution in [2.24, 2.45) is 0 Å². The second-order valence-corrected chi connectivity index (χ2v) is 11.3. The molecule has 11 heteroatoms. The number of hydrogen-bond donors (Lipinski definition) is 2. The van der Waals surface area contributed by atoms with Crippen molar-refractivity contribution < 1.29 is 27.7 Å². The van der Waals surface area contributed by atoms with Crippen LogP contribution in [-0.2, 0) is 23.0 Å². The zero-order valence-electron chi connectivity index (χ0n) is 21.5. The molecule has 1 atom stereocenters. The van der Waals surface area contributed by atoms with Crippen molar-refractivity contribution in [2.45, 2.75) is 19.1 Å². The Balaban J connectivity index is 1.68. The lowest BCUT2D eigenvalue weighted by atomic mass is 10.1. The number of para-hydroxylation sites is 1. The molecule has 3 aromatic rings. The Hall–Kier alpha value is -2.69. The highest BCUT2D eigenvalue weighted by Gasteiger charge is 2.18. The van der Waals surface area contributed by atoms with Crippen LogP contribution in [0, 0.1) is 0 Å². The van der Waals surface area contributed by atoms with E-state index in [0.717, 1.165) is 17.4 Å². The molecular weight excluding hydrogens is 551 g/mol. The molecule has 0 aliphatic rings. The van der Waals surface area contributed by atoms with Gasteiger partial charge in [-0.15, -0.1) is 0 Å². The van der Waals surface area contributed by atoms with Crippen molar-refractivity contribution in [3.8, 4) is 17.2 Å². The smallest absolute Gasteiger partial charge is 0.229 e. The van der Waals surface area contributed by atoms with Gasteiger partial charge in [0.1, 0.15) is 18.5 Å². The molecular formula is C27H32Cl2N2O6S. The number of aliphatic hydroxyl groups excluding tert-OH is 1. The molecule has 0 aromatic heterocycles. The van der Waals surface area contributed by atoms with Gasteiger partial charge in [0, 0.05) is 30.9 Å². The number of anilines is 1. The highest BCUT2D eigenvalue weighted by Crippen LogP contribution is 2.32. The van der Waals surface area contributed by atoms with E-state index in [-0.39, 0.29) is 6.61 Å². The van der Waals surface area contributed by atoms with E-state index < -0.39 is 16.1 Å². The van der Waals surface area contributed by atoms with Crippen LogP contribution in [0.1, 0.15) is 11.1 Å². The van der Waals surface area contributed by atoms with Crippen molar-refractivity contribution in [3.63, 3.8) is 0 Å². The van der Waals surface area contributed by atoms with E-state index in [1.165, 1.54) is 0 Å². The average Bonchev–Trinajstić information content (AvgIpc) is 2.87. The summed E-state index contributed by atoms with van der Waals surface area (Å²) in [4.78, 5) is 2.10. The molecule has 8 nitrogen and oxygen atoms in total. The topological polar surface area (TPSA) is 97.3 Å². The Morgan fingerprint density at radius 2 is 1.74 bits per heavy atom. The summed E-state index contributed by atoms with van der Waals surface area (Å²) in [5.41, 5.74) is 2.37. The molecule has 0 aliphatic carbocycles. The summed E-state index contributed by atoms with van der Waals surface area (Å²) in [5.74, 6) is 1.79. The summed E-state index contributed by atoms with van der Waals surface area (Å²) in [7, 11) is -0.172. The van der Waals surface area contributed by atoms with Gasteiger partial charge in [0.15, 0.2) is 11.5 Å². The standard InChI is InChI=1S/C27H32Cl2N2O6S/c1-35-26-6-4-5-20(27(26)36-2)16-31(14-13-19-7-12-24(28)25(29)15-19)17-22(32)18-37-23-10-8-21(9-11-23)30-38(3,33)34/h4-12,15,22,30,32H,13-14,16-18H2,1-3H3/t22-/m0/s1. The molecule has 0 spiro atoms. The number of halogens is 2. The molecule has 0 radical (unpaired) electrons. The predicted octanol–water partition coefficient (Wildman–Crippen LogP) is 4.87. The lowest BCUT2D eigenvalue weighted by molar-refractivity contribution is 0.0656. The maximum Gasteiger partial charge on any atom is 0.229 e. The van der Waals surface area contributed by atoms with Gasteiger partial charge >= 0.3 is 0 Å². The summed E-state index contributed by atoms with van der Waals surface area (Å²) < 4.78 is 41.9. The van der Waals surface area contributed by atoms with E-state index in [0.29, 0.717) is 59.0 Å². The minimum Gasteiger partial charge on any atom is -0.493 e. The zero-order valence-corrected chi connectivity index (χ0v) is 23.8. The molecule has 0 amide bonds. The number of aliphatic hydroxyl groups is 1. The van der Waals surface area contributed by atoms with Crippen molar-refractivity contribution in [1.82, 2.24) is 4.90 Å². The van der Waals surface area contributed by atoms with Gasteiger partial charge in [0.05, 0.1) is 30.5 Å². The monoisotopic (exact) mass is 582 g/mol. The van der Waals surface area contributed by atoms with Crippen molar-refractivity contribution in [1.29, 1.82) is 0 Å². The molecule has 0 fully saturated rings. The van der Waals surface area contributed by atoms with Crippen LogP contribution in [0.3, 0.4) is 0 Å². The van der Waals surface area contributed by atoms with Gasteiger partial charge < -0.3 is 19.3 Å². The predicted molar refractivity (Wildman–Crippen MR) is 151 cm³/mol. The summed E-state index contributed by atoms with van der Waals surface area (Å²) in [6.07, 6.45) is 0.975. The third-order valence-corrected chi connectivity index (χ3v) is 6.99. The molecule has 0 unspecified atom stereocenters. The van der Waals surface area contributed by atoms with E-state index >= 15 is 0 Å². The normalized spacial score (nSPS) is 12.3. The van der Waals surface area contributed by atoms with Gasteiger partial charge in [0.2, 0.25) is 10.0 Å². The molecule has 38 heavy (non-hydrogen) atoms. The Morgan fingerprint density at radius 1 is 1.00 bits per heavy atom. The Bertz CT molecular complexity index is 1310. The summed E-state index contributed by atoms with van der Waals surface area (Å²) in [6, 6.07) is 17.7. The molecule has 0 aliphatic heterocycles. The number of hydrogen-bond acceptors (Lipinski definition) is 7. The van der Waals surface area contributed by atoms with Gasteiger partial charge in [-0.3, -0.25) is 9.62 Å². The number of nitrogens with one attached hydrogen (secondary N) is 1. The van der Waals surface area contributed by atoms with Gasteiger partial charge in [-0.1, -0.05) is 41.4 Å².